The van der Waals surface area contributed by atoms with Crippen LogP contribution in [0.1, 0.15) is 31.0 Å². The second-order valence-electron chi connectivity index (χ2n) is 7.09. The van der Waals surface area contributed by atoms with Crippen LogP contribution in [0, 0.1) is 17.6 Å². The first kappa shape index (κ1) is 19.0. The van der Waals surface area contributed by atoms with Crippen molar-refractivity contribution < 1.29 is 18.7 Å². The highest BCUT2D eigenvalue weighted by Gasteiger charge is 2.35. The van der Waals surface area contributed by atoms with Crippen LogP contribution in [-0.2, 0) is 4.79 Å². The Kier molecular flexibility index (Phi) is 5.28. The summed E-state index contributed by atoms with van der Waals surface area (Å²) in [5, 5.41) is 9.80. The van der Waals surface area contributed by atoms with Gasteiger partial charge in [-0.25, -0.2) is 8.78 Å². The van der Waals surface area contributed by atoms with Crippen molar-refractivity contribution in [2.24, 2.45) is 11.7 Å². The Bertz CT molecular complexity index is 896. The normalized spacial score (nSPS) is 17.9. The van der Waals surface area contributed by atoms with Gasteiger partial charge in [-0.2, -0.15) is 0 Å². The molecule has 0 aromatic heterocycles. The molecule has 3 rings (SSSR count). The monoisotopic (exact) mass is 372 g/mol. The number of halogens is 2. The van der Waals surface area contributed by atoms with E-state index in [0.717, 1.165) is 18.2 Å². The zero-order valence-corrected chi connectivity index (χ0v) is 15.2. The fourth-order valence-corrected chi connectivity index (χ4v) is 3.21. The Morgan fingerprint density at radius 1 is 1.22 bits per heavy atom. The van der Waals surface area contributed by atoms with Gasteiger partial charge in [0, 0.05) is 12.1 Å². The van der Waals surface area contributed by atoms with Crippen molar-refractivity contribution in [3.8, 4) is 5.75 Å². The number of hydrogen-bond acceptors (Lipinski definition) is 3. The van der Waals surface area contributed by atoms with Crippen LogP contribution in [0.2, 0.25) is 0 Å². The van der Waals surface area contributed by atoms with Crippen LogP contribution in [0.15, 0.2) is 48.5 Å². The molecule has 27 heavy (non-hydrogen) atoms. The molecule has 1 aliphatic heterocycles. The maximum Gasteiger partial charge on any atom is 0.240 e. The quantitative estimate of drug-likeness (QED) is 0.861. The fraction of sp³-hybridized carbons (Fsp3) is 0.286. The van der Waals surface area contributed by atoms with Crippen LogP contribution in [0.5, 0.6) is 5.75 Å². The molecule has 142 valence electrons. The summed E-state index contributed by atoms with van der Waals surface area (Å²) in [5.74, 6) is -1.39. The van der Waals surface area contributed by atoms with Gasteiger partial charge in [-0.3, -0.25) is 4.79 Å². The Morgan fingerprint density at radius 3 is 2.63 bits per heavy atom. The SMILES string of the molecule is CC(C)[C@H](N)C(=O)N1CC(c2cc(F)ccc2F)=CC1c1cccc(O)c1. The van der Waals surface area contributed by atoms with Crippen molar-refractivity contribution in [2.75, 3.05) is 6.54 Å². The summed E-state index contributed by atoms with van der Waals surface area (Å²) >= 11 is 0. The highest BCUT2D eigenvalue weighted by atomic mass is 19.1. The maximum atomic E-state index is 14.3. The molecule has 0 spiro atoms. The standard InChI is InChI=1S/C21H22F2N2O2/c1-12(2)20(24)21(27)25-11-14(17-10-15(22)6-7-18(17)23)9-19(25)13-4-3-5-16(26)8-13/h3-10,12,19-20,26H,11,24H2,1-2H3/t19?,20-/m0/s1. The van der Waals surface area contributed by atoms with E-state index in [-0.39, 0.29) is 29.7 Å². The molecule has 0 saturated heterocycles. The lowest BCUT2D eigenvalue weighted by Gasteiger charge is -2.29. The van der Waals surface area contributed by atoms with Gasteiger partial charge in [0.25, 0.3) is 0 Å². The van der Waals surface area contributed by atoms with Crippen molar-refractivity contribution in [3.05, 3.63) is 71.3 Å². The third kappa shape index (κ3) is 3.85. The Hall–Kier alpha value is -2.73. The van der Waals surface area contributed by atoms with Gasteiger partial charge in [-0.05, 0) is 47.4 Å². The number of amides is 1. The minimum absolute atomic E-state index is 0.0619. The number of nitrogens with zero attached hydrogens (tertiary/aromatic N) is 1. The van der Waals surface area contributed by atoms with E-state index in [0.29, 0.717) is 11.1 Å². The molecule has 4 nitrogen and oxygen atoms in total. The summed E-state index contributed by atoms with van der Waals surface area (Å²) in [6.07, 6.45) is 1.72. The Morgan fingerprint density at radius 2 is 1.96 bits per heavy atom. The van der Waals surface area contributed by atoms with Crippen molar-refractivity contribution in [1.29, 1.82) is 0 Å². The summed E-state index contributed by atoms with van der Waals surface area (Å²) in [4.78, 5) is 14.5. The molecule has 1 aliphatic rings. The molecule has 1 unspecified atom stereocenters. The number of benzene rings is 2. The van der Waals surface area contributed by atoms with Crippen molar-refractivity contribution in [3.63, 3.8) is 0 Å². The third-order valence-electron chi connectivity index (χ3n) is 4.81. The first-order valence-corrected chi connectivity index (χ1v) is 8.79. The zero-order valence-electron chi connectivity index (χ0n) is 15.2. The average molecular weight is 372 g/mol. The van der Waals surface area contributed by atoms with Gasteiger partial charge < -0.3 is 15.7 Å². The Labute approximate surface area is 156 Å². The number of phenols is 1. The predicted molar refractivity (Wildman–Crippen MR) is 99.7 cm³/mol. The number of rotatable bonds is 4. The molecule has 2 aromatic carbocycles. The molecular formula is C21H22F2N2O2. The lowest BCUT2D eigenvalue weighted by molar-refractivity contribution is -0.134. The molecule has 0 saturated carbocycles. The van der Waals surface area contributed by atoms with Gasteiger partial charge >= 0.3 is 0 Å². The average Bonchev–Trinajstić information content (AvgIpc) is 3.07. The molecule has 0 radical (unpaired) electrons. The summed E-state index contributed by atoms with van der Waals surface area (Å²) in [7, 11) is 0. The van der Waals surface area contributed by atoms with E-state index >= 15 is 0 Å². The first-order valence-electron chi connectivity index (χ1n) is 8.79. The molecule has 3 N–H and O–H groups in total. The van der Waals surface area contributed by atoms with E-state index in [4.69, 9.17) is 5.73 Å². The number of hydrogen-bond donors (Lipinski definition) is 2. The second-order valence-corrected chi connectivity index (χ2v) is 7.09. The highest BCUT2D eigenvalue weighted by molar-refractivity contribution is 5.87. The fourth-order valence-electron chi connectivity index (χ4n) is 3.21. The minimum atomic E-state index is -0.713. The smallest absolute Gasteiger partial charge is 0.240 e. The number of carbonyl (C=O) groups excluding carboxylic acids is 1. The van der Waals surface area contributed by atoms with E-state index in [1.807, 2.05) is 13.8 Å². The van der Waals surface area contributed by atoms with Gasteiger partial charge in [0.2, 0.25) is 5.91 Å². The van der Waals surface area contributed by atoms with Crippen LogP contribution in [0.4, 0.5) is 8.78 Å². The molecule has 6 heteroatoms. The summed E-state index contributed by atoms with van der Waals surface area (Å²) in [5.41, 5.74) is 7.35. The van der Waals surface area contributed by atoms with Gasteiger partial charge in [0.1, 0.15) is 17.4 Å². The molecule has 2 aromatic rings. The summed E-state index contributed by atoms with van der Waals surface area (Å²) in [6.45, 7) is 3.81. The predicted octanol–water partition coefficient (Wildman–Crippen LogP) is 3.62. The van der Waals surface area contributed by atoms with Gasteiger partial charge in [-0.15, -0.1) is 0 Å². The lowest BCUT2D eigenvalue weighted by atomic mass is 10.0. The van der Waals surface area contributed by atoms with Crippen LogP contribution < -0.4 is 5.73 Å². The molecule has 1 heterocycles. The van der Waals surface area contributed by atoms with Gasteiger partial charge in [0.05, 0.1) is 12.1 Å². The largest absolute Gasteiger partial charge is 0.508 e. The maximum absolute atomic E-state index is 14.3. The molecule has 0 aliphatic carbocycles. The molecule has 0 bridgehead atoms. The topological polar surface area (TPSA) is 66.6 Å². The molecular weight excluding hydrogens is 350 g/mol. The van der Waals surface area contributed by atoms with Gasteiger partial charge in [-0.1, -0.05) is 32.1 Å². The van der Waals surface area contributed by atoms with Crippen LogP contribution >= 0.6 is 0 Å². The molecule has 1 amide bonds. The second kappa shape index (κ2) is 7.48. The van der Waals surface area contributed by atoms with E-state index in [1.54, 1.807) is 29.2 Å². The van der Waals surface area contributed by atoms with E-state index in [1.165, 1.54) is 6.07 Å². The third-order valence-corrected chi connectivity index (χ3v) is 4.81. The summed E-state index contributed by atoms with van der Waals surface area (Å²) < 4.78 is 27.9. The first-order chi connectivity index (χ1) is 12.8. The minimum Gasteiger partial charge on any atom is -0.508 e. The van der Waals surface area contributed by atoms with Crippen molar-refractivity contribution in [2.45, 2.75) is 25.9 Å². The summed E-state index contributed by atoms with van der Waals surface area (Å²) in [6, 6.07) is 8.53. The van der Waals surface area contributed by atoms with E-state index in [9.17, 15) is 18.7 Å². The highest BCUT2D eigenvalue weighted by Crippen LogP contribution is 2.37. The lowest BCUT2D eigenvalue weighted by Crippen LogP contribution is -2.46. The van der Waals surface area contributed by atoms with E-state index < -0.39 is 23.7 Å². The van der Waals surface area contributed by atoms with Crippen molar-refractivity contribution >= 4 is 11.5 Å². The van der Waals surface area contributed by atoms with Crippen LogP contribution in [-0.4, -0.2) is 28.5 Å². The van der Waals surface area contributed by atoms with Crippen molar-refractivity contribution in [1.82, 2.24) is 4.90 Å². The number of aromatic hydroxyl groups is 1. The Balaban J connectivity index is 2.04. The van der Waals surface area contributed by atoms with Crippen LogP contribution in [0.3, 0.4) is 0 Å². The van der Waals surface area contributed by atoms with Gasteiger partial charge in [0.15, 0.2) is 0 Å². The zero-order chi connectivity index (χ0) is 19.7. The number of carbonyl (C=O) groups is 1. The number of phenolic OH excluding ortho intramolecular Hbond substituents is 1. The molecule has 0 fully saturated rings. The van der Waals surface area contributed by atoms with E-state index in [2.05, 4.69) is 0 Å². The number of nitrogens with two attached hydrogens (primary N) is 1. The molecule has 2 atom stereocenters. The van der Waals surface area contributed by atoms with Crippen LogP contribution in [0.25, 0.3) is 5.57 Å².